The van der Waals surface area contributed by atoms with E-state index >= 15 is 0 Å². The molecule has 116 valence electrons. The monoisotopic (exact) mass is 305 g/mol. The Morgan fingerprint density at radius 2 is 1.43 bits per heavy atom. The van der Waals surface area contributed by atoms with E-state index in [1.54, 1.807) is 7.11 Å². The first-order valence-corrected chi connectivity index (χ1v) is 7.50. The molecule has 1 aromatic heterocycles. The van der Waals surface area contributed by atoms with Gasteiger partial charge in [0.1, 0.15) is 5.75 Å². The highest BCUT2D eigenvalue weighted by molar-refractivity contribution is 5.64. The van der Waals surface area contributed by atoms with Crippen LogP contribution >= 0.6 is 0 Å². The normalized spacial score (nSPS) is 10.3. The van der Waals surface area contributed by atoms with E-state index in [0.717, 1.165) is 11.3 Å². The molecule has 1 N–H and O–H groups in total. The Balaban J connectivity index is 1.65. The number of aryl methyl sites for hydroxylation is 1. The highest BCUT2D eigenvalue weighted by atomic mass is 16.5. The topological polar surface area (TPSA) is 47.0 Å². The van der Waals surface area contributed by atoms with E-state index in [-0.39, 0.29) is 0 Å². The molecule has 0 unspecified atom stereocenters. The molecule has 0 aliphatic heterocycles. The number of methoxy groups -OCH3 is 1. The summed E-state index contributed by atoms with van der Waals surface area (Å²) in [6, 6.07) is 16.5. The molecule has 0 aliphatic rings. The summed E-state index contributed by atoms with van der Waals surface area (Å²) in [7, 11) is 1.68. The highest BCUT2D eigenvalue weighted by Crippen LogP contribution is 2.22. The molecule has 23 heavy (non-hydrogen) atoms. The zero-order valence-electron chi connectivity index (χ0n) is 13.3. The van der Waals surface area contributed by atoms with Crippen molar-refractivity contribution < 1.29 is 4.74 Å². The first-order chi connectivity index (χ1) is 11.2. The van der Waals surface area contributed by atoms with Crippen LogP contribution in [-0.4, -0.2) is 17.1 Å². The van der Waals surface area contributed by atoms with E-state index in [4.69, 9.17) is 4.74 Å². The molecule has 0 amide bonds. The Morgan fingerprint density at radius 1 is 0.870 bits per heavy atom. The summed E-state index contributed by atoms with van der Waals surface area (Å²) in [5.74, 6) is 1.52. The molecule has 2 aromatic carbocycles. The van der Waals surface area contributed by atoms with E-state index in [2.05, 4.69) is 51.7 Å². The average Bonchev–Trinajstić information content (AvgIpc) is 2.62. The van der Waals surface area contributed by atoms with Crippen LogP contribution in [0.2, 0.25) is 0 Å². The number of rotatable bonds is 5. The first kappa shape index (κ1) is 15.0. The van der Waals surface area contributed by atoms with Crippen LogP contribution in [0.25, 0.3) is 11.1 Å². The molecule has 0 atom stereocenters. The zero-order valence-corrected chi connectivity index (χ0v) is 13.3. The molecule has 4 nitrogen and oxygen atoms in total. The molecule has 0 aliphatic carbocycles. The number of nitrogens with zero attached hydrogens (tertiary/aromatic N) is 2. The second-order valence-electron chi connectivity index (χ2n) is 5.36. The van der Waals surface area contributed by atoms with Gasteiger partial charge in [-0.3, -0.25) is 0 Å². The van der Waals surface area contributed by atoms with Crippen LogP contribution in [0, 0.1) is 6.92 Å². The quantitative estimate of drug-likeness (QED) is 0.772. The molecule has 0 fully saturated rings. The van der Waals surface area contributed by atoms with Gasteiger partial charge in [-0.1, -0.05) is 36.4 Å². The van der Waals surface area contributed by atoms with Crippen molar-refractivity contribution in [3.05, 3.63) is 72.1 Å². The molecule has 0 saturated carbocycles. The van der Waals surface area contributed by atoms with Gasteiger partial charge in [0.15, 0.2) is 0 Å². The fourth-order valence-electron chi connectivity index (χ4n) is 2.26. The van der Waals surface area contributed by atoms with Crippen LogP contribution in [-0.2, 0) is 6.54 Å². The Bertz CT molecular complexity index is 750. The van der Waals surface area contributed by atoms with Gasteiger partial charge in [-0.15, -0.1) is 0 Å². The lowest BCUT2D eigenvalue weighted by Crippen LogP contribution is -2.03. The van der Waals surface area contributed by atoms with E-state index in [1.807, 2.05) is 31.5 Å². The number of aromatic nitrogens is 2. The highest BCUT2D eigenvalue weighted by Gasteiger charge is 2.00. The summed E-state index contributed by atoms with van der Waals surface area (Å²) in [5, 5.41) is 3.22. The van der Waals surface area contributed by atoms with E-state index in [1.165, 1.54) is 16.7 Å². The third-order valence-corrected chi connectivity index (χ3v) is 3.61. The lowest BCUT2D eigenvalue weighted by molar-refractivity contribution is 0.415. The summed E-state index contributed by atoms with van der Waals surface area (Å²) in [6.07, 6.45) is 3.62. The van der Waals surface area contributed by atoms with Gasteiger partial charge in [0.05, 0.1) is 7.11 Å². The summed E-state index contributed by atoms with van der Waals surface area (Å²) in [6.45, 7) is 2.67. The van der Waals surface area contributed by atoms with Gasteiger partial charge < -0.3 is 10.1 Å². The number of benzene rings is 2. The summed E-state index contributed by atoms with van der Waals surface area (Å²) in [5.41, 5.74) is 4.60. The molecule has 0 saturated heterocycles. The van der Waals surface area contributed by atoms with Gasteiger partial charge in [0, 0.05) is 18.9 Å². The third-order valence-electron chi connectivity index (χ3n) is 3.61. The molecule has 0 bridgehead atoms. The first-order valence-electron chi connectivity index (χ1n) is 7.50. The standard InChI is InChI=1S/C19H19N3O/c1-14-11-20-19(21-12-14)22-13-15-3-5-16(6-4-15)17-7-9-18(23-2)10-8-17/h3-12H,13H2,1-2H3,(H,20,21,22). The Labute approximate surface area is 136 Å². The van der Waals surface area contributed by atoms with Crippen LogP contribution in [0.3, 0.4) is 0 Å². The number of ether oxygens (including phenoxy) is 1. The van der Waals surface area contributed by atoms with Crippen molar-refractivity contribution in [1.29, 1.82) is 0 Å². The Kier molecular flexibility index (Phi) is 4.52. The molecule has 0 spiro atoms. The lowest BCUT2D eigenvalue weighted by atomic mass is 10.0. The number of anilines is 1. The predicted molar refractivity (Wildman–Crippen MR) is 92.5 cm³/mol. The van der Waals surface area contributed by atoms with Crippen LogP contribution in [0.15, 0.2) is 60.9 Å². The maximum Gasteiger partial charge on any atom is 0.222 e. The largest absolute Gasteiger partial charge is 0.497 e. The fraction of sp³-hybridized carbons (Fsp3) is 0.158. The third kappa shape index (κ3) is 3.86. The lowest BCUT2D eigenvalue weighted by Gasteiger charge is -2.07. The number of hydrogen-bond acceptors (Lipinski definition) is 4. The molecular weight excluding hydrogens is 286 g/mol. The van der Waals surface area contributed by atoms with Crippen molar-refractivity contribution in [1.82, 2.24) is 9.97 Å². The van der Waals surface area contributed by atoms with Crippen LogP contribution in [0.5, 0.6) is 5.75 Å². The van der Waals surface area contributed by atoms with Crippen LogP contribution in [0.4, 0.5) is 5.95 Å². The van der Waals surface area contributed by atoms with Gasteiger partial charge in [-0.05, 0) is 41.3 Å². The fourth-order valence-corrected chi connectivity index (χ4v) is 2.26. The SMILES string of the molecule is COc1ccc(-c2ccc(CNc3ncc(C)cn3)cc2)cc1. The molecule has 4 heteroatoms. The number of hydrogen-bond donors (Lipinski definition) is 1. The molecular formula is C19H19N3O. The molecule has 1 heterocycles. The minimum atomic E-state index is 0.648. The van der Waals surface area contributed by atoms with Crippen molar-refractivity contribution in [2.75, 3.05) is 12.4 Å². The average molecular weight is 305 g/mol. The maximum atomic E-state index is 5.19. The van der Waals surface area contributed by atoms with E-state index in [9.17, 15) is 0 Å². The Hall–Kier alpha value is -2.88. The van der Waals surface area contributed by atoms with Crippen molar-refractivity contribution >= 4 is 5.95 Å². The van der Waals surface area contributed by atoms with Gasteiger partial charge in [-0.25, -0.2) is 9.97 Å². The van der Waals surface area contributed by atoms with Gasteiger partial charge in [0.25, 0.3) is 0 Å². The van der Waals surface area contributed by atoms with Crippen molar-refractivity contribution in [3.63, 3.8) is 0 Å². The second kappa shape index (κ2) is 6.92. The van der Waals surface area contributed by atoms with Crippen molar-refractivity contribution in [2.24, 2.45) is 0 Å². The zero-order chi connectivity index (χ0) is 16.1. The predicted octanol–water partition coefficient (Wildman–Crippen LogP) is 4.07. The van der Waals surface area contributed by atoms with E-state index in [0.29, 0.717) is 12.5 Å². The summed E-state index contributed by atoms with van der Waals surface area (Å²) < 4.78 is 5.19. The van der Waals surface area contributed by atoms with Gasteiger partial charge in [0.2, 0.25) is 5.95 Å². The van der Waals surface area contributed by atoms with Crippen LogP contribution < -0.4 is 10.1 Å². The number of nitrogens with one attached hydrogen (secondary N) is 1. The van der Waals surface area contributed by atoms with Gasteiger partial charge >= 0.3 is 0 Å². The summed E-state index contributed by atoms with van der Waals surface area (Å²) >= 11 is 0. The van der Waals surface area contributed by atoms with Gasteiger partial charge in [-0.2, -0.15) is 0 Å². The molecule has 3 aromatic rings. The van der Waals surface area contributed by atoms with Crippen molar-refractivity contribution in [2.45, 2.75) is 13.5 Å². The Morgan fingerprint density at radius 3 is 2.00 bits per heavy atom. The second-order valence-corrected chi connectivity index (χ2v) is 5.36. The molecule has 0 radical (unpaired) electrons. The summed E-state index contributed by atoms with van der Waals surface area (Å²) in [4.78, 5) is 8.48. The van der Waals surface area contributed by atoms with Crippen LogP contribution in [0.1, 0.15) is 11.1 Å². The maximum absolute atomic E-state index is 5.19. The van der Waals surface area contributed by atoms with Crippen molar-refractivity contribution in [3.8, 4) is 16.9 Å². The minimum Gasteiger partial charge on any atom is -0.497 e. The minimum absolute atomic E-state index is 0.648. The molecule has 3 rings (SSSR count). The van der Waals surface area contributed by atoms with E-state index < -0.39 is 0 Å². The smallest absolute Gasteiger partial charge is 0.222 e.